The van der Waals surface area contributed by atoms with Crippen LogP contribution in [-0.2, 0) is 34.8 Å². The maximum Gasteiger partial charge on any atom is 0.200 e. The van der Waals surface area contributed by atoms with E-state index in [-0.39, 0.29) is 19.3 Å². The highest BCUT2D eigenvalue weighted by molar-refractivity contribution is 6.77. The van der Waals surface area contributed by atoms with Gasteiger partial charge in [-0.25, -0.2) is 0 Å². The molecule has 1 heterocycles. The maximum absolute atomic E-state index is 11.9. The summed E-state index contributed by atoms with van der Waals surface area (Å²) in [5.74, 6) is -0.752. The zero-order valence-corrected chi connectivity index (χ0v) is 25.3. The number of benzene rings is 1. The van der Waals surface area contributed by atoms with E-state index in [9.17, 15) is 9.90 Å². The molecule has 7 atom stereocenters. The van der Waals surface area contributed by atoms with Gasteiger partial charge in [-0.3, -0.25) is 0 Å². The number of aldehydes is 1. The number of hydrogen-bond donors (Lipinski definition) is 1. The van der Waals surface area contributed by atoms with E-state index < -0.39 is 44.8 Å². The minimum atomic E-state index is -2.34. The topological polar surface area (TPSA) is 83.5 Å². The maximum atomic E-state index is 11.9. The lowest BCUT2D eigenvalue weighted by atomic mass is 9.88. The van der Waals surface area contributed by atoms with Crippen LogP contribution in [0, 0.1) is 11.8 Å². The monoisotopic (exact) mass is 538 g/mol. The van der Waals surface area contributed by atoms with Crippen LogP contribution in [0.5, 0.6) is 0 Å². The predicted octanol–water partition coefficient (Wildman–Crippen LogP) is 5.35. The fourth-order valence-electron chi connectivity index (χ4n) is 6.12. The van der Waals surface area contributed by atoms with Crippen LogP contribution in [0.25, 0.3) is 0 Å². The van der Waals surface area contributed by atoms with Gasteiger partial charge in [-0.2, -0.15) is 0 Å². The molecule has 0 amide bonds. The molecule has 0 unspecified atom stereocenters. The van der Waals surface area contributed by atoms with Crippen LogP contribution in [-0.4, -0.2) is 70.7 Å². The van der Waals surface area contributed by atoms with Crippen molar-refractivity contribution in [2.45, 2.75) is 109 Å². The summed E-state index contributed by atoms with van der Waals surface area (Å²) in [6, 6.07) is 9.90. The zero-order chi connectivity index (χ0) is 27.8. The summed E-state index contributed by atoms with van der Waals surface area (Å²) in [5.41, 5.74) is 2.10. The average molecular weight is 539 g/mol. The van der Waals surface area contributed by atoms with Crippen molar-refractivity contribution in [1.82, 2.24) is 0 Å². The summed E-state index contributed by atoms with van der Waals surface area (Å²) in [6.45, 7) is 18.0. The van der Waals surface area contributed by atoms with E-state index in [0.717, 1.165) is 11.8 Å². The highest BCUT2D eigenvalue weighted by atomic mass is 28.4. The Labute approximate surface area is 225 Å². The molecule has 0 aliphatic carbocycles. The molecule has 0 spiro atoms. The van der Waals surface area contributed by atoms with Crippen molar-refractivity contribution in [3.8, 4) is 0 Å². The van der Waals surface area contributed by atoms with Crippen LogP contribution in [0.4, 0.5) is 0 Å². The Morgan fingerprint density at radius 1 is 1.00 bits per heavy atom. The molecule has 0 radical (unpaired) electrons. The number of rotatable bonds is 14. The van der Waals surface area contributed by atoms with Crippen molar-refractivity contribution in [1.29, 1.82) is 0 Å². The summed E-state index contributed by atoms with van der Waals surface area (Å²) in [5, 5.41) is 11.6. The lowest BCUT2D eigenvalue weighted by Gasteiger charge is -2.47. The van der Waals surface area contributed by atoms with Gasteiger partial charge >= 0.3 is 0 Å². The van der Waals surface area contributed by atoms with Crippen molar-refractivity contribution in [3.05, 3.63) is 35.9 Å². The lowest BCUT2D eigenvalue weighted by molar-refractivity contribution is -0.160. The van der Waals surface area contributed by atoms with E-state index in [0.29, 0.717) is 23.2 Å². The summed E-state index contributed by atoms with van der Waals surface area (Å²) in [6.07, 6.45) is -2.42. The SMILES string of the molecule is COCOC[C@@H]1O[C@H]([C@H](C)C=O)[C@@H](O)[C@@H](OCc2ccccc2)[C@H](C)[C@H]1O[Si](C(C)C)(C(C)C)C(C)C. The van der Waals surface area contributed by atoms with Crippen molar-refractivity contribution >= 4 is 14.6 Å². The van der Waals surface area contributed by atoms with Crippen LogP contribution in [0.1, 0.15) is 61.0 Å². The second-order valence-electron chi connectivity index (χ2n) is 11.4. The molecule has 1 aliphatic rings. The molecule has 1 aromatic carbocycles. The third-order valence-electron chi connectivity index (χ3n) is 7.96. The Morgan fingerprint density at radius 2 is 1.59 bits per heavy atom. The highest BCUT2D eigenvalue weighted by Crippen LogP contribution is 2.45. The molecule has 0 bridgehead atoms. The number of methoxy groups -OCH3 is 1. The number of carbonyl (C=O) groups excluding carboxylic acids is 1. The number of aliphatic hydroxyl groups excluding tert-OH is 1. The van der Waals surface area contributed by atoms with E-state index in [4.69, 9.17) is 23.4 Å². The third-order valence-corrected chi connectivity index (χ3v) is 14.1. The summed E-state index contributed by atoms with van der Waals surface area (Å²) in [7, 11) is -0.761. The fraction of sp³-hybridized carbons (Fsp3) is 0.759. The van der Waals surface area contributed by atoms with E-state index in [2.05, 4.69) is 48.5 Å². The molecule has 8 heteroatoms. The minimum absolute atomic E-state index is 0.118. The molecule has 37 heavy (non-hydrogen) atoms. The largest absolute Gasteiger partial charge is 0.410 e. The first-order valence-corrected chi connectivity index (χ1v) is 15.8. The Hall–Kier alpha value is -1.13. The van der Waals surface area contributed by atoms with Crippen molar-refractivity contribution in [2.75, 3.05) is 20.5 Å². The van der Waals surface area contributed by atoms with Crippen LogP contribution in [0.3, 0.4) is 0 Å². The number of ether oxygens (including phenoxy) is 4. The van der Waals surface area contributed by atoms with Gasteiger partial charge in [-0.15, -0.1) is 0 Å². The normalized spacial score (nSPS) is 28.0. The predicted molar refractivity (Wildman–Crippen MR) is 148 cm³/mol. The van der Waals surface area contributed by atoms with Crippen LogP contribution < -0.4 is 0 Å². The standard InChI is InChI=1S/C29H50O7Si/c1-19(2)37(20(3)4,21(5)6)36-28-23(8)29(34-16-24-13-11-10-12-14-24)26(31)27(22(7)15-30)35-25(28)17-33-18-32-9/h10-15,19-23,25-29,31H,16-18H2,1-9H3/t22-,23-,25+,26-,27-,28-,29+/m1/s1. The molecule has 0 saturated carbocycles. The molecular formula is C29H50O7Si. The van der Waals surface area contributed by atoms with Crippen LogP contribution in [0.2, 0.25) is 16.6 Å². The average Bonchev–Trinajstić information content (AvgIpc) is 2.95. The molecule has 1 aliphatic heterocycles. The first kappa shape index (κ1) is 32.1. The molecule has 0 aromatic heterocycles. The molecule has 1 aromatic rings. The van der Waals surface area contributed by atoms with Gasteiger partial charge in [0.15, 0.2) is 0 Å². The molecule has 2 rings (SSSR count). The number of carbonyl (C=O) groups is 1. The van der Waals surface area contributed by atoms with Crippen molar-refractivity contribution < 1.29 is 33.3 Å². The molecule has 1 N–H and O–H groups in total. The lowest BCUT2D eigenvalue weighted by Crippen LogP contribution is -2.56. The van der Waals surface area contributed by atoms with Gasteiger partial charge in [0.05, 0.1) is 31.5 Å². The van der Waals surface area contributed by atoms with Crippen LogP contribution >= 0.6 is 0 Å². The minimum Gasteiger partial charge on any atom is -0.410 e. The second kappa shape index (κ2) is 14.9. The van der Waals surface area contributed by atoms with Gasteiger partial charge in [-0.05, 0) is 22.2 Å². The van der Waals surface area contributed by atoms with E-state index in [1.165, 1.54) is 0 Å². The van der Waals surface area contributed by atoms with Gasteiger partial charge in [0.1, 0.15) is 25.3 Å². The van der Waals surface area contributed by atoms with E-state index in [1.807, 2.05) is 30.3 Å². The number of hydrogen-bond acceptors (Lipinski definition) is 7. The zero-order valence-electron chi connectivity index (χ0n) is 24.3. The first-order chi connectivity index (χ1) is 17.5. The highest BCUT2D eigenvalue weighted by Gasteiger charge is 2.53. The van der Waals surface area contributed by atoms with Crippen LogP contribution in [0.15, 0.2) is 30.3 Å². The first-order valence-electron chi connectivity index (χ1n) is 13.7. The molecular weight excluding hydrogens is 488 g/mol. The smallest absolute Gasteiger partial charge is 0.200 e. The van der Waals surface area contributed by atoms with Crippen molar-refractivity contribution in [3.63, 3.8) is 0 Å². The van der Waals surface area contributed by atoms with Gasteiger partial charge in [0.2, 0.25) is 8.32 Å². The molecule has 1 saturated heterocycles. The quantitative estimate of drug-likeness (QED) is 0.148. The molecule has 7 nitrogen and oxygen atoms in total. The Kier molecular flexibility index (Phi) is 12.9. The fourth-order valence-corrected chi connectivity index (χ4v) is 11.8. The van der Waals surface area contributed by atoms with Crippen molar-refractivity contribution in [2.24, 2.45) is 11.8 Å². The van der Waals surface area contributed by atoms with E-state index >= 15 is 0 Å². The summed E-state index contributed by atoms with van der Waals surface area (Å²) < 4.78 is 31.2. The Morgan fingerprint density at radius 3 is 2.11 bits per heavy atom. The third kappa shape index (κ3) is 7.72. The Bertz CT molecular complexity index is 766. The van der Waals surface area contributed by atoms with Gasteiger partial charge in [-0.1, -0.05) is 85.7 Å². The van der Waals surface area contributed by atoms with Gasteiger partial charge in [0.25, 0.3) is 0 Å². The summed E-state index contributed by atoms with van der Waals surface area (Å²) >= 11 is 0. The van der Waals surface area contributed by atoms with Gasteiger partial charge < -0.3 is 33.3 Å². The van der Waals surface area contributed by atoms with Gasteiger partial charge in [0, 0.05) is 18.9 Å². The molecule has 1 fully saturated rings. The summed E-state index contributed by atoms with van der Waals surface area (Å²) in [4.78, 5) is 11.9. The number of aliphatic hydroxyl groups is 1. The van der Waals surface area contributed by atoms with E-state index in [1.54, 1.807) is 14.0 Å². The molecule has 212 valence electrons. The Balaban J connectivity index is 2.54. The second-order valence-corrected chi connectivity index (χ2v) is 16.8.